The lowest BCUT2D eigenvalue weighted by Crippen LogP contribution is -2.18. The normalized spacial score (nSPS) is 12.7. The van der Waals surface area contributed by atoms with Gasteiger partial charge in [-0.3, -0.25) is 4.98 Å². The van der Waals surface area contributed by atoms with Crippen molar-refractivity contribution in [3.63, 3.8) is 0 Å². The van der Waals surface area contributed by atoms with Crippen molar-refractivity contribution in [3.8, 4) is 0 Å². The monoisotopic (exact) mass is 280 g/mol. The number of fused-ring (bicyclic) bond motifs is 1. The van der Waals surface area contributed by atoms with Crippen LogP contribution in [0, 0.1) is 0 Å². The number of benzene rings is 1. The second-order valence-corrected chi connectivity index (χ2v) is 5.26. The SMILES string of the molecule is CCc1c(C(C)NCc2cccnc2)oc2ccccc12. The highest BCUT2D eigenvalue weighted by molar-refractivity contribution is 5.82. The molecule has 0 spiro atoms. The van der Waals surface area contributed by atoms with Crippen molar-refractivity contribution in [1.29, 1.82) is 0 Å². The van der Waals surface area contributed by atoms with Crippen LogP contribution < -0.4 is 5.32 Å². The summed E-state index contributed by atoms with van der Waals surface area (Å²) in [7, 11) is 0. The number of hydrogen-bond donors (Lipinski definition) is 1. The number of rotatable bonds is 5. The third-order valence-corrected chi connectivity index (χ3v) is 3.81. The van der Waals surface area contributed by atoms with Crippen molar-refractivity contribution in [2.24, 2.45) is 0 Å². The minimum absolute atomic E-state index is 0.174. The van der Waals surface area contributed by atoms with E-state index in [4.69, 9.17) is 4.42 Å². The molecule has 3 nitrogen and oxygen atoms in total. The number of aromatic nitrogens is 1. The molecule has 2 heterocycles. The van der Waals surface area contributed by atoms with E-state index in [1.165, 1.54) is 16.5 Å². The smallest absolute Gasteiger partial charge is 0.134 e. The maximum absolute atomic E-state index is 6.06. The van der Waals surface area contributed by atoms with E-state index in [-0.39, 0.29) is 6.04 Å². The molecular formula is C18H20N2O. The van der Waals surface area contributed by atoms with Crippen molar-refractivity contribution < 1.29 is 4.42 Å². The van der Waals surface area contributed by atoms with E-state index in [2.05, 4.69) is 42.3 Å². The first-order valence-corrected chi connectivity index (χ1v) is 7.42. The molecule has 0 aliphatic rings. The third kappa shape index (κ3) is 2.83. The molecule has 0 saturated heterocycles. The second-order valence-electron chi connectivity index (χ2n) is 5.26. The van der Waals surface area contributed by atoms with E-state index in [1.807, 2.05) is 24.4 Å². The molecule has 1 atom stereocenters. The molecule has 3 aromatic rings. The summed E-state index contributed by atoms with van der Waals surface area (Å²) in [4.78, 5) is 4.14. The molecule has 3 heteroatoms. The van der Waals surface area contributed by atoms with E-state index in [1.54, 1.807) is 6.20 Å². The van der Waals surface area contributed by atoms with Crippen molar-refractivity contribution in [1.82, 2.24) is 10.3 Å². The summed E-state index contributed by atoms with van der Waals surface area (Å²) in [6.07, 6.45) is 4.66. The van der Waals surface area contributed by atoms with E-state index >= 15 is 0 Å². The molecule has 2 aromatic heterocycles. The van der Waals surface area contributed by atoms with Crippen molar-refractivity contribution in [2.75, 3.05) is 0 Å². The zero-order chi connectivity index (χ0) is 14.7. The van der Waals surface area contributed by atoms with Gasteiger partial charge in [0.05, 0.1) is 6.04 Å². The fourth-order valence-corrected chi connectivity index (χ4v) is 2.70. The lowest BCUT2D eigenvalue weighted by atomic mass is 10.0. The quantitative estimate of drug-likeness (QED) is 0.759. The van der Waals surface area contributed by atoms with Gasteiger partial charge in [0.15, 0.2) is 0 Å². The fraction of sp³-hybridized carbons (Fsp3) is 0.278. The number of para-hydroxylation sites is 1. The molecule has 0 bridgehead atoms. The molecule has 0 radical (unpaired) electrons. The Labute approximate surface area is 125 Å². The Morgan fingerprint density at radius 1 is 1.19 bits per heavy atom. The van der Waals surface area contributed by atoms with Gasteiger partial charge in [0.25, 0.3) is 0 Å². The van der Waals surface area contributed by atoms with E-state index < -0.39 is 0 Å². The molecular weight excluding hydrogens is 260 g/mol. The summed E-state index contributed by atoms with van der Waals surface area (Å²) < 4.78 is 6.06. The van der Waals surface area contributed by atoms with Gasteiger partial charge >= 0.3 is 0 Å². The number of hydrogen-bond acceptors (Lipinski definition) is 3. The molecule has 1 unspecified atom stereocenters. The van der Waals surface area contributed by atoms with E-state index in [0.29, 0.717) is 0 Å². The van der Waals surface area contributed by atoms with Crippen LogP contribution in [0.2, 0.25) is 0 Å². The van der Waals surface area contributed by atoms with Crippen LogP contribution >= 0.6 is 0 Å². The average molecular weight is 280 g/mol. The Hall–Kier alpha value is -2.13. The standard InChI is InChI=1S/C18H20N2O/c1-3-15-16-8-4-5-9-17(16)21-18(15)13(2)20-12-14-7-6-10-19-11-14/h4-11,13,20H,3,12H2,1-2H3. The molecule has 0 amide bonds. The van der Waals surface area contributed by atoms with E-state index in [0.717, 1.165) is 24.3 Å². The van der Waals surface area contributed by atoms with Crippen LogP contribution in [0.15, 0.2) is 53.2 Å². The molecule has 3 rings (SSSR count). The van der Waals surface area contributed by atoms with Gasteiger partial charge in [-0.25, -0.2) is 0 Å². The molecule has 0 aliphatic heterocycles. The first-order valence-electron chi connectivity index (χ1n) is 7.42. The van der Waals surface area contributed by atoms with Gasteiger partial charge in [0.1, 0.15) is 11.3 Å². The summed E-state index contributed by atoms with van der Waals surface area (Å²) in [5.41, 5.74) is 3.45. The van der Waals surface area contributed by atoms with Gasteiger partial charge in [-0.15, -0.1) is 0 Å². The number of nitrogens with one attached hydrogen (secondary N) is 1. The Morgan fingerprint density at radius 2 is 2.05 bits per heavy atom. The number of aryl methyl sites for hydroxylation is 1. The first kappa shape index (κ1) is 13.8. The summed E-state index contributed by atoms with van der Waals surface area (Å²) in [5, 5.41) is 4.74. The van der Waals surface area contributed by atoms with Crippen LogP contribution in [0.25, 0.3) is 11.0 Å². The zero-order valence-corrected chi connectivity index (χ0v) is 12.5. The van der Waals surface area contributed by atoms with Gasteiger partial charge in [-0.2, -0.15) is 0 Å². The molecule has 0 saturated carbocycles. The highest BCUT2D eigenvalue weighted by atomic mass is 16.3. The molecule has 1 aromatic carbocycles. The van der Waals surface area contributed by atoms with Gasteiger partial charge < -0.3 is 9.73 Å². The Morgan fingerprint density at radius 3 is 2.81 bits per heavy atom. The van der Waals surface area contributed by atoms with Crippen LogP contribution in [0.3, 0.4) is 0 Å². The van der Waals surface area contributed by atoms with Crippen LogP contribution in [0.1, 0.15) is 36.8 Å². The molecule has 108 valence electrons. The summed E-state index contributed by atoms with van der Waals surface area (Å²) in [5.74, 6) is 1.04. The van der Waals surface area contributed by atoms with Gasteiger partial charge in [-0.05, 0) is 31.0 Å². The second kappa shape index (κ2) is 6.10. The summed E-state index contributed by atoms with van der Waals surface area (Å²) >= 11 is 0. The van der Waals surface area contributed by atoms with Crippen LogP contribution in [0.5, 0.6) is 0 Å². The lowest BCUT2D eigenvalue weighted by Gasteiger charge is -2.13. The predicted molar refractivity (Wildman–Crippen MR) is 85.1 cm³/mol. The van der Waals surface area contributed by atoms with Gasteiger partial charge in [0, 0.05) is 29.9 Å². The average Bonchev–Trinajstić information content (AvgIpc) is 2.92. The predicted octanol–water partition coefficient (Wildman–Crippen LogP) is 4.24. The maximum Gasteiger partial charge on any atom is 0.134 e. The fourth-order valence-electron chi connectivity index (χ4n) is 2.70. The minimum Gasteiger partial charge on any atom is -0.459 e. The molecule has 0 aliphatic carbocycles. The third-order valence-electron chi connectivity index (χ3n) is 3.81. The van der Waals surface area contributed by atoms with E-state index in [9.17, 15) is 0 Å². The Balaban J connectivity index is 1.82. The highest BCUT2D eigenvalue weighted by Crippen LogP contribution is 2.30. The largest absolute Gasteiger partial charge is 0.459 e. The topological polar surface area (TPSA) is 38.1 Å². The lowest BCUT2D eigenvalue weighted by molar-refractivity contribution is 0.446. The maximum atomic E-state index is 6.06. The van der Waals surface area contributed by atoms with Crippen LogP contribution in [0.4, 0.5) is 0 Å². The Kier molecular flexibility index (Phi) is 4.02. The highest BCUT2D eigenvalue weighted by Gasteiger charge is 2.17. The zero-order valence-electron chi connectivity index (χ0n) is 12.5. The number of pyridine rings is 1. The van der Waals surface area contributed by atoms with Crippen molar-refractivity contribution in [2.45, 2.75) is 32.9 Å². The van der Waals surface area contributed by atoms with Gasteiger partial charge in [-0.1, -0.05) is 31.2 Å². The molecule has 1 N–H and O–H groups in total. The van der Waals surface area contributed by atoms with Crippen LogP contribution in [-0.4, -0.2) is 4.98 Å². The molecule has 21 heavy (non-hydrogen) atoms. The number of furan rings is 1. The summed E-state index contributed by atoms with van der Waals surface area (Å²) in [6.45, 7) is 5.11. The van der Waals surface area contributed by atoms with Gasteiger partial charge in [0.2, 0.25) is 0 Å². The molecule has 0 fully saturated rings. The van der Waals surface area contributed by atoms with Crippen molar-refractivity contribution >= 4 is 11.0 Å². The number of nitrogens with zero attached hydrogens (tertiary/aromatic N) is 1. The Bertz CT molecular complexity index is 718. The first-order chi connectivity index (χ1) is 10.3. The van der Waals surface area contributed by atoms with Crippen LogP contribution in [-0.2, 0) is 13.0 Å². The van der Waals surface area contributed by atoms with Crippen molar-refractivity contribution in [3.05, 3.63) is 65.7 Å². The summed E-state index contributed by atoms with van der Waals surface area (Å²) in [6, 6.07) is 12.5. The minimum atomic E-state index is 0.174.